The molecule has 6 nitrogen and oxygen atoms in total. The average molecular weight is 398 g/mol. The van der Waals surface area contributed by atoms with E-state index in [-0.39, 0.29) is 17.2 Å². The van der Waals surface area contributed by atoms with E-state index in [1.54, 1.807) is 19.1 Å². The van der Waals surface area contributed by atoms with Gasteiger partial charge in [-0.05, 0) is 24.3 Å². The van der Waals surface area contributed by atoms with Crippen LogP contribution in [-0.2, 0) is 19.9 Å². The summed E-state index contributed by atoms with van der Waals surface area (Å²) in [6.45, 7) is 1.71. The lowest BCUT2D eigenvalue weighted by Gasteiger charge is -2.28. The van der Waals surface area contributed by atoms with Gasteiger partial charge in [-0.15, -0.1) is 0 Å². The molecular formula is C12H16BrNO5S2. The Hall–Kier alpha value is -0.480. The molecular weight excluding hydrogens is 382 g/mol. The van der Waals surface area contributed by atoms with Gasteiger partial charge in [0.15, 0.2) is 9.84 Å². The molecule has 1 aromatic rings. The van der Waals surface area contributed by atoms with Crippen LogP contribution in [0.5, 0.6) is 0 Å². The van der Waals surface area contributed by atoms with Crippen LogP contribution >= 0.6 is 15.9 Å². The minimum absolute atomic E-state index is 0.0732. The van der Waals surface area contributed by atoms with Gasteiger partial charge in [-0.2, -0.15) is 4.31 Å². The van der Waals surface area contributed by atoms with Gasteiger partial charge >= 0.3 is 0 Å². The zero-order valence-electron chi connectivity index (χ0n) is 11.3. The molecule has 9 heteroatoms. The second-order valence-corrected chi connectivity index (χ2v) is 9.83. The van der Waals surface area contributed by atoms with Gasteiger partial charge in [-0.1, -0.05) is 22.9 Å². The molecule has 0 amide bonds. The molecule has 1 N–H and O–H groups in total. The van der Waals surface area contributed by atoms with Crippen LogP contribution < -0.4 is 0 Å². The summed E-state index contributed by atoms with van der Waals surface area (Å²) in [5.74, 6) is -0.748. The minimum atomic E-state index is -3.85. The molecule has 2 rings (SSSR count). The molecule has 1 aromatic carbocycles. The van der Waals surface area contributed by atoms with E-state index >= 15 is 0 Å². The second kappa shape index (κ2) is 5.96. The van der Waals surface area contributed by atoms with Gasteiger partial charge in [0.25, 0.3) is 0 Å². The number of likely N-dealkylation sites (N-methyl/N-ethyl adjacent to an activating group) is 1. The van der Waals surface area contributed by atoms with Crippen molar-refractivity contribution in [2.75, 3.05) is 18.1 Å². The van der Waals surface area contributed by atoms with Crippen molar-refractivity contribution in [2.45, 2.75) is 24.0 Å². The Labute approximate surface area is 132 Å². The molecule has 0 spiro atoms. The first kappa shape index (κ1) is 16.9. The molecule has 0 aliphatic carbocycles. The number of nitrogens with zero attached hydrogens (tertiary/aromatic N) is 1. The molecule has 1 heterocycles. The van der Waals surface area contributed by atoms with Crippen molar-refractivity contribution in [1.82, 2.24) is 4.31 Å². The fraction of sp³-hybridized carbons (Fsp3) is 0.500. The molecule has 0 saturated carbocycles. The van der Waals surface area contributed by atoms with E-state index in [4.69, 9.17) is 0 Å². The first-order chi connectivity index (χ1) is 9.67. The summed E-state index contributed by atoms with van der Waals surface area (Å²) in [5.41, 5.74) is 0. The summed E-state index contributed by atoms with van der Waals surface area (Å²) in [5, 5.41) is 9.89. The predicted octanol–water partition coefficient (Wildman–Crippen LogP) is 0.618. The third-order valence-electron chi connectivity index (χ3n) is 3.40. The number of hydrogen-bond acceptors (Lipinski definition) is 5. The molecule has 1 aliphatic heterocycles. The maximum Gasteiger partial charge on any atom is 0.243 e. The van der Waals surface area contributed by atoms with Crippen LogP contribution in [0.1, 0.15) is 6.92 Å². The molecule has 1 aliphatic rings. The van der Waals surface area contributed by atoms with Gasteiger partial charge < -0.3 is 5.11 Å². The van der Waals surface area contributed by atoms with Crippen molar-refractivity contribution in [1.29, 1.82) is 0 Å². The quantitative estimate of drug-likeness (QED) is 0.803. The van der Waals surface area contributed by atoms with Crippen LogP contribution in [0.25, 0.3) is 0 Å². The lowest BCUT2D eigenvalue weighted by atomic mass is 10.2. The normalized spacial score (nSPS) is 25.3. The SMILES string of the molecule is CCN([C@H]1CS(=O)(=O)C[C@@H]1O)S(=O)(=O)c1ccc(Br)cc1. The average Bonchev–Trinajstić information content (AvgIpc) is 2.64. The van der Waals surface area contributed by atoms with Gasteiger partial charge in [-0.3, -0.25) is 0 Å². The third kappa shape index (κ3) is 3.48. The summed E-state index contributed by atoms with van der Waals surface area (Å²) >= 11 is 3.23. The summed E-state index contributed by atoms with van der Waals surface area (Å²) < 4.78 is 50.2. The van der Waals surface area contributed by atoms with Crippen LogP contribution in [0.15, 0.2) is 33.6 Å². The summed E-state index contributed by atoms with van der Waals surface area (Å²) in [6, 6.07) is 5.15. The Morgan fingerprint density at radius 1 is 1.29 bits per heavy atom. The van der Waals surface area contributed by atoms with Gasteiger partial charge in [0.2, 0.25) is 10.0 Å². The van der Waals surface area contributed by atoms with E-state index in [2.05, 4.69) is 15.9 Å². The summed E-state index contributed by atoms with van der Waals surface area (Å²) in [7, 11) is -7.26. The zero-order chi connectivity index (χ0) is 15.8. The summed E-state index contributed by atoms with van der Waals surface area (Å²) in [4.78, 5) is 0.0732. The zero-order valence-corrected chi connectivity index (χ0v) is 14.5. The highest BCUT2D eigenvalue weighted by Crippen LogP contribution is 2.26. The van der Waals surface area contributed by atoms with Crippen LogP contribution in [-0.4, -0.2) is 56.4 Å². The Morgan fingerprint density at radius 2 is 1.86 bits per heavy atom. The molecule has 1 saturated heterocycles. The third-order valence-corrected chi connectivity index (χ3v) is 7.64. The molecule has 0 radical (unpaired) electrons. The monoisotopic (exact) mass is 397 g/mol. The number of halogens is 1. The van der Waals surface area contributed by atoms with E-state index in [1.165, 1.54) is 12.1 Å². The van der Waals surface area contributed by atoms with Crippen LogP contribution in [0.2, 0.25) is 0 Å². The highest BCUT2D eigenvalue weighted by Gasteiger charge is 2.44. The van der Waals surface area contributed by atoms with Crippen LogP contribution in [0.4, 0.5) is 0 Å². The number of sulfone groups is 1. The maximum absolute atomic E-state index is 12.6. The lowest BCUT2D eigenvalue weighted by Crippen LogP contribution is -2.46. The molecule has 2 atom stereocenters. The van der Waals surface area contributed by atoms with Crippen LogP contribution in [0.3, 0.4) is 0 Å². The fourth-order valence-electron chi connectivity index (χ4n) is 2.41. The number of sulfonamides is 1. The number of benzene rings is 1. The van der Waals surface area contributed by atoms with Crippen molar-refractivity contribution >= 4 is 35.8 Å². The Kier molecular flexibility index (Phi) is 4.79. The largest absolute Gasteiger partial charge is 0.390 e. The molecule has 0 unspecified atom stereocenters. The molecule has 0 bridgehead atoms. The highest BCUT2D eigenvalue weighted by molar-refractivity contribution is 9.10. The Bertz CT molecular complexity index is 715. The molecule has 118 valence electrons. The minimum Gasteiger partial charge on any atom is -0.390 e. The van der Waals surface area contributed by atoms with E-state index < -0.39 is 37.8 Å². The van der Waals surface area contributed by atoms with Crippen molar-refractivity contribution in [3.05, 3.63) is 28.7 Å². The highest BCUT2D eigenvalue weighted by atomic mass is 79.9. The van der Waals surface area contributed by atoms with E-state index in [1.807, 2.05) is 0 Å². The van der Waals surface area contributed by atoms with Gasteiger partial charge in [-0.25, -0.2) is 16.8 Å². The molecule has 0 aromatic heterocycles. The first-order valence-corrected chi connectivity index (χ1v) is 10.4. The maximum atomic E-state index is 12.6. The van der Waals surface area contributed by atoms with Crippen LogP contribution in [0, 0.1) is 0 Å². The predicted molar refractivity (Wildman–Crippen MR) is 82.2 cm³/mol. The Balaban J connectivity index is 2.39. The molecule has 1 fully saturated rings. The lowest BCUT2D eigenvalue weighted by molar-refractivity contribution is 0.130. The van der Waals surface area contributed by atoms with Crippen molar-refractivity contribution in [3.63, 3.8) is 0 Å². The van der Waals surface area contributed by atoms with E-state index in [0.717, 1.165) is 8.78 Å². The number of aliphatic hydroxyl groups is 1. The van der Waals surface area contributed by atoms with Crippen molar-refractivity contribution in [2.24, 2.45) is 0 Å². The fourth-order valence-corrected chi connectivity index (χ4v) is 6.23. The topological polar surface area (TPSA) is 91.8 Å². The number of hydrogen-bond donors (Lipinski definition) is 1. The van der Waals surface area contributed by atoms with Crippen molar-refractivity contribution in [3.8, 4) is 0 Å². The van der Waals surface area contributed by atoms with Crippen molar-refractivity contribution < 1.29 is 21.9 Å². The number of rotatable bonds is 4. The smallest absolute Gasteiger partial charge is 0.243 e. The Morgan fingerprint density at radius 3 is 2.29 bits per heavy atom. The standard InChI is InChI=1S/C12H16BrNO5S2/c1-2-14(11-7-20(16,17)8-12(11)15)21(18,19)10-5-3-9(13)4-6-10/h3-6,11-12,15H,2,7-8H2,1H3/t11-,12-/m0/s1. The van der Waals surface area contributed by atoms with E-state index in [9.17, 15) is 21.9 Å². The van der Waals surface area contributed by atoms with E-state index in [0.29, 0.717) is 0 Å². The molecule has 21 heavy (non-hydrogen) atoms. The van der Waals surface area contributed by atoms with Gasteiger partial charge in [0.05, 0.1) is 28.5 Å². The van der Waals surface area contributed by atoms with Gasteiger partial charge in [0, 0.05) is 11.0 Å². The summed E-state index contributed by atoms with van der Waals surface area (Å²) in [6.07, 6.45) is -1.19. The number of aliphatic hydroxyl groups excluding tert-OH is 1. The second-order valence-electron chi connectivity index (χ2n) is 4.87. The first-order valence-electron chi connectivity index (χ1n) is 6.33. The van der Waals surface area contributed by atoms with Gasteiger partial charge in [0.1, 0.15) is 0 Å².